The molecule has 2 aliphatic rings. The van der Waals surface area contributed by atoms with Crippen molar-refractivity contribution in [2.45, 2.75) is 52.9 Å². The fourth-order valence-electron chi connectivity index (χ4n) is 3.59. The molecule has 1 saturated heterocycles. The zero-order chi connectivity index (χ0) is 14.9. The number of hydrogen-bond acceptors (Lipinski definition) is 2. The van der Waals surface area contributed by atoms with Gasteiger partial charge in [0.05, 0.1) is 11.8 Å². The molecule has 0 aromatic carbocycles. The van der Waals surface area contributed by atoms with Gasteiger partial charge in [-0.2, -0.15) is 0 Å². The highest BCUT2D eigenvalue weighted by Crippen LogP contribution is 2.40. The molecule has 4 nitrogen and oxygen atoms in total. The average molecular weight is 281 g/mol. The number of amides is 1. The molecule has 1 saturated carbocycles. The van der Waals surface area contributed by atoms with E-state index in [1.54, 1.807) is 0 Å². The van der Waals surface area contributed by atoms with E-state index in [1.807, 2.05) is 4.90 Å². The van der Waals surface area contributed by atoms with Crippen LogP contribution in [0.3, 0.4) is 0 Å². The summed E-state index contributed by atoms with van der Waals surface area (Å²) in [5, 5.41) is 9.36. The zero-order valence-electron chi connectivity index (χ0n) is 12.9. The normalized spacial score (nSPS) is 33.1. The number of hydrogen-bond donors (Lipinski definition) is 1. The minimum Gasteiger partial charge on any atom is -0.481 e. The molecule has 3 atom stereocenters. The van der Waals surface area contributed by atoms with Gasteiger partial charge in [0.1, 0.15) is 0 Å². The molecule has 1 heterocycles. The summed E-state index contributed by atoms with van der Waals surface area (Å²) in [5.41, 5.74) is 0.310. The Morgan fingerprint density at radius 2 is 1.70 bits per heavy atom. The van der Waals surface area contributed by atoms with Crippen LogP contribution in [0.1, 0.15) is 52.9 Å². The van der Waals surface area contributed by atoms with Gasteiger partial charge >= 0.3 is 5.97 Å². The highest BCUT2D eigenvalue weighted by molar-refractivity contribution is 5.85. The lowest BCUT2D eigenvalue weighted by molar-refractivity contribution is -0.150. The second-order valence-corrected chi connectivity index (χ2v) is 7.29. The van der Waals surface area contributed by atoms with Gasteiger partial charge in [-0.1, -0.05) is 27.2 Å². The second-order valence-electron chi connectivity index (χ2n) is 7.29. The lowest BCUT2D eigenvalue weighted by Crippen LogP contribution is -2.45. The summed E-state index contributed by atoms with van der Waals surface area (Å²) in [5.74, 6) is -1.08. The van der Waals surface area contributed by atoms with E-state index in [9.17, 15) is 14.7 Å². The van der Waals surface area contributed by atoms with Gasteiger partial charge < -0.3 is 10.0 Å². The van der Waals surface area contributed by atoms with Crippen molar-refractivity contribution in [3.05, 3.63) is 0 Å². The van der Waals surface area contributed by atoms with Crippen molar-refractivity contribution in [1.82, 2.24) is 4.90 Å². The summed E-state index contributed by atoms with van der Waals surface area (Å²) in [7, 11) is 0. The van der Waals surface area contributed by atoms with Crippen LogP contribution in [0, 0.1) is 23.2 Å². The van der Waals surface area contributed by atoms with Crippen molar-refractivity contribution in [2.24, 2.45) is 23.2 Å². The van der Waals surface area contributed by atoms with Gasteiger partial charge in [-0.25, -0.2) is 0 Å². The van der Waals surface area contributed by atoms with Gasteiger partial charge in [0.15, 0.2) is 0 Å². The number of rotatable bonds is 3. The molecule has 1 amide bonds. The van der Waals surface area contributed by atoms with E-state index in [-0.39, 0.29) is 11.8 Å². The van der Waals surface area contributed by atoms with Crippen molar-refractivity contribution in [3.8, 4) is 0 Å². The Morgan fingerprint density at radius 1 is 1.15 bits per heavy atom. The van der Waals surface area contributed by atoms with Gasteiger partial charge in [0.2, 0.25) is 5.91 Å². The standard InChI is InChI=1S/C16H27NO3/c1-4-11-9-12(13(10-11)15(19)20)14(18)17-7-5-16(2,3)6-8-17/h11-13H,4-10H2,1-3H3,(H,19,20)/t11?,12-,13+/m0/s1. The molecular weight excluding hydrogens is 254 g/mol. The minimum atomic E-state index is -0.795. The monoisotopic (exact) mass is 281 g/mol. The van der Waals surface area contributed by atoms with Crippen LogP contribution in [0.4, 0.5) is 0 Å². The molecule has 0 bridgehead atoms. The molecule has 0 radical (unpaired) electrons. The molecule has 1 unspecified atom stereocenters. The Balaban J connectivity index is 2.02. The largest absolute Gasteiger partial charge is 0.481 e. The smallest absolute Gasteiger partial charge is 0.307 e. The van der Waals surface area contributed by atoms with E-state index in [2.05, 4.69) is 20.8 Å². The fraction of sp³-hybridized carbons (Fsp3) is 0.875. The van der Waals surface area contributed by atoms with E-state index in [1.165, 1.54) is 0 Å². The Hall–Kier alpha value is -1.06. The summed E-state index contributed by atoms with van der Waals surface area (Å²) in [6, 6.07) is 0. The number of carboxylic acid groups (broad SMARTS) is 1. The molecule has 1 aliphatic carbocycles. The Labute approximate surface area is 121 Å². The SMILES string of the molecule is CCC1C[C@H](C(=O)N2CCC(C)(C)CC2)[C@H](C(=O)O)C1. The highest BCUT2D eigenvalue weighted by Gasteiger charge is 2.44. The predicted molar refractivity (Wildman–Crippen MR) is 77.2 cm³/mol. The van der Waals surface area contributed by atoms with E-state index in [4.69, 9.17) is 0 Å². The Bertz CT molecular complexity index is 381. The van der Waals surface area contributed by atoms with Gasteiger partial charge in [0, 0.05) is 13.1 Å². The van der Waals surface area contributed by atoms with Crippen LogP contribution in [0.5, 0.6) is 0 Å². The first-order valence-corrected chi connectivity index (χ1v) is 7.85. The summed E-state index contributed by atoms with van der Waals surface area (Å²) < 4.78 is 0. The first-order valence-electron chi connectivity index (χ1n) is 7.85. The third kappa shape index (κ3) is 3.15. The van der Waals surface area contributed by atoms with Gasteiger partial charge in [-0.05, 0) is 37.0 Å². The third-order valence-corrected chi connectivity index (χ3v) is 5.30. The third-order valence-electron chi connectivity index (χ3n) is 5.30. The molecule has 0 spiro atoms. The second kappa shape index (κ2) is 5.74. The van der Waals surface area contributed by atoms with Crippen molar-refractivity contribution in [3.63, 3.8) is 0 Å². The number of carbonyl (C=O) groups excluding carboxylic acids is 1. The average Bonchev–Trinajstić information content (AvgIpc) is 2.82. The molecule has 0 aromatic rings. The number of carboxylic acids is 1. The van der Waals surface area contributed by atoms with Gasteiger partial charge in [-0.15, -0.1) is 0 Å². The lowest BCUT2D eigenvalue weighted by atomic mass is 9.82. The maximum absolute atomic E-state index is 12.7. The van der Waals surface area contributed by atoms with E-state index in [0.717, 1.165) is 38.8 Å². The Kier molecular flexibility index (Phi) is 4.40. The molecule has 2 rings (SSSR count). The molecule has 1 N–H and O–H groups in total. The predicted octanol–water partition coefficient (Wildman–Crippen LogP) is 2.77. The first kappa shape index (κ1) is 15.3. The zero-order valence-corrected chi connectivity index (χ0v) is 12.9. The molecule has 4 heteroatoms. The van der Waals surface area contributed by atoms with E-state index in [0.29, 0.717) is 17.8 Å². The minimum absolute atomic E-state index is 0.0869. The van der Waals surface area contributed by atoms with Gasteiger partial charge in [0.25, 0.3) is 0 Å². The number of aliphatic carboxylic acids is 1. The van der Waals surface area contributed by atoms with Gasteiger partial charge in [-0.3, -0.25) is 9.59 Å². The van der Waals surface area contributed by atoms with Crippen LogP contribution in [0.15, 0.2) is 0 Å². The number of likely N-dealkylation sites (tertiary alicyclic amines) is 1. The summed E-state index contributed by atoms with van der Waals surface area (Å²) in [4.78, 5) is 26.0. The van der Waals surface area contributed by atoms with Crippen LogP contribution in [-0.2, 0) is 9.59 Å². The van der Waals surface area contributed by atoms with Crippen LogP contribution in [-0.4, -0.2) is 35.0 Å². The summed E-state index contributed by atoms with van der Waals surface area (Å²) in [6.07, 6.45) is 4.43. The summed E-state index contributed by atoms with van der Waals surface area (Å²) >= 11 is 0. The van der Waals surface area contributed by atoms with Crippen LogP contribution in [0.25, 0.3) is 0 Å². The number of carbonyl (C=O) groups is 2. The highest BCUT2D eigenvalue weighted by atomic mass is 16.4. The number of nitrogens with zero attached hydrogens (tertiary/aromatic N) is 1. The van der Waals surface area contributed by atoms with Crippen LogP contribution < -0.4 is 0 Å². The topological polar surface area (TPSA) is 57.6 Å². The van der Waals surface area contributed by atoms with Crippen LogP contribution in [0.2, 0.25) is 0 Å². The lowest BCUT2D eigenvalue weighted by Gasteiger charge is -2.38. The van der Waals surface area contributed by atoms with Crippen molar-refractivity contribution in [2.75, 3.05) is 13.1 Å². The van der Waals surface area contributed by atoms with E-state index < -0.39 is 11.9 Å². The molecular formula is C16H27NO3. The summed E-state index contributed by atoms with van der Waals surface area (Å²) in [6.45, 7) is 8.12. The Morgan fingerprint density at radius 3 is 2.20 bits per heavy atom. The van der Waals surface area contributed by atoms with Crippen molar-refractivity contribution in [1.29, 1.82) is 0 Å². The van der Waals surface area contributed by atoms with Crippen molar-refractivity contribution >= 4 is 11.9 Å². The molecule has 0 aromatic heterocycles. The number of piperidine rings is 1. The first-order chi connectivity index (χ1) is 9.34. The molecule has 1 aliphatic heterocycles. The fourth-order valence-corrected chi connectivity index (χ4v) is 3.59. The molecule has 20 heavy (non-hydrogen) atoms. The van der Waals surface area contributed by atoms with Crippen molar-refractivity contribution < 1.29 is 14.7 Å². The maximum Gasteiger partial charge on any atom is 0.307 e. The quantitative estimate of drug-likeness (QED) is 0.865. The van der Waals surface area contributed by atoms with E-state index >= 15 is 0 Å². The van der Waals surface area contributed by atoms with Crippen LogP contribution >= 0.6 is 0 Å². The molecule has 114 valence electrons. The molecule has 2 fully saturated rings. The maximum atomic E-state index is 12.7.